The first-order chi connectivity index (χ1) is 14.9. The molecule has 4 rings (SSSR count). The number of nitrogens with one attached hydrogen (secondary N) is 1. The molecule has 0 spiro atoms. The predicted octanol–water partition coefficient (Wildman–Crippen LogP) is 3.38. The van der Waals surface area contributed by atoms with Crippen LogP contribution < -0.4 is 15.8 Å². The van der Waals surface area contributed by atoms with E-state index >= 15 is 0 Å². The molecule has 0 saturated carbocycles. The highest BCUT2D eigenvalue weighted by molar-refractivity contribution is 9.10. The molecule has 3 aromatic rings. The van der Waals surface area contributed by atoms with E-state index in [1.165, 1.54) is 24.3 Å². The number of carbonyl (C=O) groups is 2. The van der Waals surface area contributed by atoms with Crippen LogP contribution in [0.25, 0.3) is 0 Å². The van der Waals surface area contributed by atoms with E-state index in [0.29, 0.717) is 11.0 Å². The van der Waals surface area contributed by atoms with Crippen LogP contribution in [0.15, 0.2) is 63.9 Å². The van der Waals surface area contributed by atoms with Crippen LogP contribution in [-0.2, 0) is 17.8 Å². The van der Waals surface area contributed by atoms with Gasteiger partial charge in [-0.2, -0.15) is 5.10 Å². The normalized spacial score (nSPS) is 12.5. The van der Waals surface area contributed by atoms with Crippen molar-refractivity contribution >= 4 is 39.1 Å². The van der Waals surface area contributed by atoms with Crippen LogP contribution in [0.2, 0.25) is 0 Å². The van der Waals surface area contributed by atoms with Crippen molar-refractivity contribution in [2.24, 2.45) is 0 Å². The number of aryl methyl sites for hydroxylation is 1. The van der Waals surface area contributed by atoms with Crippen molar-refractivity contribution in [3.63, 3.8) is 0 Å². The summed E-state index contributed by atoms with van der Waals surface area (Å²) in [4.78, 5) is 38.9. The number of para-hydroxylation sites is 1. The van der Waals surface area contributed by atoms with E-state index in [0.717, 1.165) is 22.4 Å². The summed E-state index contributed by atoms with van der Waals surface area (Å²) in [5.41, 5.74) is 1.66. The highest BCUT2D eigenvalue weighted by Gasteiger charge is 2.26. The second-order valence-corrected chi connectivity index (χ2v) is 7.95. The molecule has 0 aliphatic carbocycles. The maximum absolute atomic E-state index is 13.9. The van der Waals surface area contributed by atoms with Crippen molar-refractivity contribution in [1.82, 2.24) is 9.78 Å². The SMILES string of the molecule is O=C(CCn1nc(C(=O)N2CCc3ccccc32)ccc1=O)Nc1ccc(Br)cc1F. The largest absolute Gasteiger partial charge is 0.324 e. The molecule has 1 aromatic heterocycles. The maximum atomic E-state index is 13.9. The smallest absolute Gasteiger partial charge is 0.278 e. The number of fused-ring (bicyclic) bond motifs is 1. The van der Waals surface area contributed by atoms with Crippen LogP contribution in [0, 0.1) is 5.82 Å². The van der Waals surface area contributed by atoms with Crippen LogP contribution in [-0.4, -0.2) is 28.1 Å². The quantitative estimate of drug-likeness (QED) is 0.601. The summed E-state index contributed by atoms with van der Waals surface area (Å²) in [6, 6.07) is 14.6. The van der Waals surface area contributed by atoms with Gasteiger partial charge >= 0.3 is 0 Å². The number of carbonyl (C=O) groups excluding carboxylic acids is 2. The van der Waals surface area contributed by atoms with Crippen molar-refractivity contribution in [3.05, 3.63) is 86.5 Å². The number of nitrogens with zero attached hydrogens (tertiary/aromatic N) is 3. The van der Waals surface area contributed by atoms with Crippen LogP contribution in [0.1, 0.15) is 22.5 Å². The molecule has 0 unspecified atom stereocenters. The monoisotopic (exact) mass is 484 g/mol. The number of hydrogen-bond donors (Lipinski definition) is 1. The molecule has 1 aliphatic heterocycles. The Balaban J connectivity index is 1.45. The zero-order chi connectivity index (χ0) is 22.0. The molecule has 1 aliphatic rings. The van der Waals surface area contributed by atoms with Gasteiger partial charge in [0.05, 0.1) is 12.2 Å². The van der Waals surface area contributed by atoms with E-state index < -0.39 is 17.3 Å². The van der Waals surface area contributed by atoms with Gasteiger partial charge in [0, 0.05) is 29.2 Å². The summed E-state index contributed by atoms with van der Waals surface area (Å²) < 4.78 is 15.5. The van der Waals surface area contributed by atoms with E-state index in [9.17, 15) is 18.8 Å². The number of benzene rings is 2. The van der Waals surface area contributed by atoms with Crippen molar-refractivity contribution in [2.45, 2.75) is 19.4 Å². The number of amides is 2. The third-order valence-corrected chi connectivity index (χ3v) is 5.47. The fraction of sp³-hybridized carbons (Fsp3) is 0.182. The number of halogens is 2. The summed E-state index contributed by atoms with van der Waals surface area (Å²) >= 11 is 3.15. The van der Waals surface area contributed by atoms with E-state index in [1.807, 2.05) is 24.3 Å². The average molecular weight is 485 g/mol. The van der Waals surface area contributed by atoms with Crippen molar-refractivity contribution in [2.75, 3.05) is 16.8 Å². The van der Waals surface area contributed by atoms with E-state index in [-0.39, 0.29) is 30.3 Å². The molecule has 9 heteroatoms. The minimum atomic E-state index is -0.573. The second-order valence-electron chi connectivity index (χ2n) is 7.04. The zero-order valence-corrected chi connectivity index (χ0v) is 17.9. The molecular formula is C22H18BrFN4O3. The molecular weight excluding hydrogens is 467 g/mol. The van der Waals surface area contributed by atoms with Crippen molar-refractivity contribution in [1.29, 1.82) is 0 Å². The Kier molecular flexibility index (Phi) is 5.94. The lowest BCUT2D eigenvalue weighted by Crippen LogP contribution is -2.33. The molecule has 7 nitrogen and oxygen atoms in total. The topological polar surface area (TPSA) is 84.3 Å². The van der Waals surface area contributed by atoms with Gasteiger partial charge in [0.1, 0.15) is 11.5 Å². The van der Waals surface area contributed by atoms with Crippen LogP contribution >= 0.6 is 15.9 Å². The lowest BCUT2D eigenvalue weighted by atomic mass is 10.2. The standard InChI is InChI=1S/C22H18BrFN4O3/c23-15-5-6-17(16(24)13-15)25-20(29)10-12-28-21(30)8-7-18(26-28)22(31)27-11-9-14-3-1-2-4-19(14)27/h1-8,13H,9-12H2,(H,25,29). The third kappa shape index (κ3) is 4.56. The molecule has 158 valence electrons. The van der Waals surface area contributed by atoms with Crippen LogP contribution in [0.3, 0.4) is 0 Å². The fourth-order valence-electron chi connectivity index (χ4n) is 3.42. The molecule has 0 atom stereocenters. The molecule has 0 fully saturated rings. The van der Waals surface area contributed by atoms with Gasteiger partial charge in [-0.3, -0.25) is 14.4 Å². The number of anilines is 2. The summed E-state index contributed by atoms with van der Waals surface area (Å²) in [7, 11) is 0. The highest BCUT2D eigenvalue weighted by Crippen LogP contribution is 2.28. The fourth-order valence-corrected chi connectivity index (χ4v) is 3.75. The minimum Gasteiger partial charge on any atom is -0.324 e. The van der Waals surface area contributed by atoms with Crippen molar-refractivity contribution in [3.8, 4) is 0 Å². The molecule has 0 bridgehead atoms. The zero-order valence-electron chi connectivity index (χ0n) is 16.3. The number of aromatic nitrogens is 2. The molecule has 0 saturated heterocycles. The summed E-state index contributed by atoms with van der Waals surface area (Å²) in [5, 5.41) is 6.62. The molecule has 2 heterocycles. The molecule has 1 N–H and O–H groups in total. The summed E-state index contributed by atoms with van der Waals surface area (Å²) in [6.07, 6.45) is 0.654. The Hall–Kier alpha value is -3.33. The van der Waals surface area contributed by atoms with Crippen molar-refractivity contribution < 1.29 is 14.0 Å². The summed E-state index contributed by atoms with van der Waals surface area (Å²) in [5.74, 6) is -1.35. The Labute approximate surface area is 185 Å². The Bertz CT molecular complexity index is 1230. The van der Waals surface area contributed by atoms with Gasteiger partial charge in [-0.1, -0.05) is 34.1 Å². The van der Waals surface area contributed by atoms with Gasteiger partial charge in [-0.25, -0.2) is 9.07 Å². The van der Waals surface area contributed by atoms with E-state index in [4.69, 9.17) is 0 Å². The van der Waals surface area contributed by atoms with Crippen LogP contribution in [0.5, 0.6) is 0 Å². The molecule has 0 radical (unpaired) electrons. The first-order valence-electron chi connectivity index (χ1n) is 9.65. The molecule has 2 amide bonds. The van der Waals surface area contributed by atoms with Gasteiger partial charge in [0.2, 0.25) is 5.91 Å². The Morgan fingerprint density at radius 3 is 2.74 bits per heavy atom. The van der Waals surface area contributed by atoms with Gasteiger partial charge in [-0.05, 0) is 42.3 Å². The van der Waals surface area contributed by atoms with Gasteiger partial charge in [0.25, 0.3) is 11.5 Å². The predicted molar refractivity (Wildman–Crippen MR) is 118 cm³/mol. The number of rotatable bonds is 5. The lowest BCUT2D eigenvalue weighted by molar-refractivity contribution is -0.116. The van der Waals surface area contributed by atoms with Gasteiger partial charge in [0.15, 0.2) is 0 Å². The first kappa shape index (κ1) is 20.9. The average Bonchev–Trinajstić information content (AvgIpc) is 3.19. The third-order valence-electron chi connectivity index (χ3n) is 4.97. The van der Waals surface area contributed by atoms with Crippen LogP contribution in [0.4, 0.5) is 15.8 Å². The van der Waals surface area contributed by atoms with E-state index in [1.54, 1.807) is 11.0 Å². The Morgan fingerprint density at radius 1 is 1.13 bits per heavy atom. The second kappa shape index (κ2) is 8.81. The van der Waals surface area contributed by atoms with Gasteiger partial charge in [-0.15, -0.1) is 0 Å². The van der Waals surface area contributed by atoms with Gasteiger partial charge < -0.3 is 10.2 Å². The highest BCUT2D eigenvalue weighted by atomic mass is 79.9. The number of hydrogen-bond acceptors (Lipinski definition) is 4. The minimum absolute atomic E-state index is 0.0412. The molecule has 31 heavy (non-hydrogen) atoms. The first-order valence-corrected chi connectivity index (χ1v) is 10.4. The molecule has 2 aromatic carbocycles. The lowest BCUT2D eigenvalue weighted by Gasteiger charge is -2.17. The maximum Gasteiger partial charge on any atom is 0.278 e. The Morgan fingerprint density at radius 2 is 1.94 bits per heavy atom. The summed E-state index contributed by atoms with van der Waals surface area (Å²) in [6.45, 7) is 0.501. The van der Waals surface area contributed by atoms with E-state index in [2.05, 4.69) is 26.3 Å².